The molecule has 1 fully saturated rings. The number of carbonyl (C=O) groups excluding carboxylic acids is 3. The fourth-order valence-corrected chi connectivity index (χ4v) is 7.21. The summed E-state index contributed by atoms with van der Waals surface area (Å²) in [5.41, 5.74) is 4.66. The summed E-state index contributed by atoms with van der Waals surface area (Å²) in [6.45, 7) is 4.64. The number of Topliss-reactive ketones (excluding diaryl/α,β-unsaturated/α-hetero) is 2. The van der Waals surface area contributed by atoms with Crippen LogP contribution < -0.4 is 15.8 Å². The lowest BCUT2D eigenvalue weighted by Gasteiger charge is -2.50. The van der Waals surface area contributed by atoms with Crippen molar-refractivity contribution < 1.29 is 39.5 Å². The number of hydrogen-bond acceptors (Lipinski definition) is 9. The Morgan fingerprint density at radius 2 is 1.91 bits per heavy atom. The van der Waals surface area contributed by atoms with Gasteiger partial charge in [0.2, 0.25) is 5.78 Å². The molecule has 44 heavy (non-hydrogen) atoms. The maximum Gasteiger partial charge on any atom is 0.255 e. The number of aliphatic hydroxyl groups excluding tert-OH is 2. The highest BCUT2D eigenvalue weighted by Gasteiger charge is 2.64. The molecule has 1 amide bonds. The van der Waals surface area contributed by atoms with Crippen LogP contribution in [0.25, 0.3) is 16.9 Å². The van der Waals surface area contributed by atoms with E-state index in [1.807, 2.05) is 18.2 Å². The van der Waals surface area contributed by atoms with Gasteiger partial charge in [-0.15, -0.1) is 12.3 Å². The highest BCUT2D eigenvalue weighted by atomic mass is 16.5. The van der Waals surface area contributed by atoms with Crippen LogP contribution in [-0.2, 0) is 27.3 Å². The van der Waals surface area contributed by atoms with Crippen LogP contribution in [0.1, 0.15) is 43.4 Å². The van der Waals surface area contributed by atoms with Crippen LogP contribution in [0.15, 0.2) is 47.2 Å². The number of hydrogen-bond donors (Lipinski definition) is 6. The summed E-state index contributed by atoms with van der Waals surface area (Å²) in [5, 5.41) is 48.7. The Morgan fingerprint density at radius 3 is 2.55 bits per heavy atom. The van der Waals surface area contributed by atoms with E-state index in [4.69, 9.17) is 16.9 Å². The number of methoxy groups -OCH3 is 1. The summed E-state index contributed by atoms with van der Waals surface area (Å²) in [6.07, 6.45) is 6.15. The SMILES string of the molecule is C#CCCNCc1ccc(OC)c(-c2ccc(O)c3c2C[C@H]2C[C@H]4[C@H](C(C)C)C(=O)C(C(N)=O)=C(O)[C@@]4(O)C(=O)C2=C3O)c1. The molecule has 1 saturated carbocycles. The van der Waals surface area contributed by atoms with E-state index in [0.29, 0.717) is 42.0 Å². The van der Waals surface area contributed by atoms with Crippen molar-refractivity contribution in [1.29, 1.82) is 0 Å². The molecule has 10 heteroatoms. The monoisotopic (exact) mass is 600 g/mol. The number of ketones is 2. The first-order chi connectivity index (χ1) is 20.9. The zero-order chi connectivity index (χ0) is 32.1. The first kappa shape index (κ1) is 30.9. The van der Waals surface area contributed by atoms with Gasteiger partial charge in [-0.1, -0.05) is 26.0 Å². The number of aromatic hydroxyl groups is 1. The molecule has 0 spiro atoms. The standard InChI is InChI=1S/C34H36N2O8/c1-5-6-11-36-15-17-7-10-24(44-4)20(12-17)19-8-9-23(37)27-21(19)13-18-14-22-25(16(2)3)29(38)28(33(35)42)32(41)34(22,43)31(40)26(18)30(27)39/h1,7-10,12,16,18,22,25,36-37,39,41,43H,6,11,13-15H2,2-4H3,(H2,35,42)/t18-,22-,25-,34-/m0/s1. The molecular formula is C34H36N2O8. The van der Waals surface area contributed by atoms with Gasteiger partial charge >= 0.3 is 0 Å². The quantitative estimate of drug-likeness (QED) is 0.151. The molecule has 230 valence electrons. The number of terminal acetylenes is 1. The number of aliphatic hydroxyl groups is 3. The summed E-state index contributed by atoms with van der Waals surface area (Å²) < 4.78 is 5.67. The molecule has 2 aromatic carbocycles. The van der Waals surface area contributed by atoms with E-state index in [2.05, 4.69) is 11.2 Å². The van der Waals surface area contributed by atoms with Crippen LogP contribution in [0.4, 0.5) is 0 Å². The van der Waals surface area contributed by atoms with Gasteiger partial charge in [0.05, 0.1) is 12.7 Å². The summed E-state index contributed by atoms with van der Waals surface area (Å²) in [4.78, 5) is 39.7. The third kappa shape index (κ3) is 4.64. The van der Waals surface area contributed by atoms with Crippen LogP contribution >= 0.6 is 0 Å². The zero-order valence-electron chi connectivity index (χ0n) is 24.8. The van der Waals surface area contributed by atoms with Gasteiger partial charge in [-0.3, -0.25) is 14.4 Å². The number of phenols is 1. The van der Waals surface area contributed by atoms with E-state index >= 15 is 0 Å². The second-order valence-electron chi connectivity index (χ2n) is 12.0. The third-order valence-electron chi connectivity index (χ3n) is 9.18. The second-order valence-corrected chi connectivity index (χ2v) is 12.0. The Labute approximate surface area is 255 Å². The Balaban J connectivity index is 1.67. The second kappa shape index (κ2) is 11.5. The molecular weight excluding hydrogens is 564 g/mol. The van der Waals surface area contributed by atoms with Crippen molar-refractivity contribution in [2.45, 2.75) is 45.3 Å². The lowest BCUT2D eigenvalue weighted by Crippen LogP contribution is -2.62. The summed E-state index contributed by atoms with van der Waals surface area (Å²) in [7, 11) is 1.54. The Bertz CT molecular complexity index is 1680. The Kier molecular flexibility index (Phi) is 8.05. The fraction of sp³-hybridized carbons (Fsp3) is 0.382. The molecule has 0 aromatic heterocycles. The van der Waals surface area contributed by atoms with Gasteiger partial charge in [0, 0.05) is 42.5 Å². The van der Waals surface area contributed by atoms with Gasteiger partial charge in [0.25, 0.3) is 5.91 Å². The van der Waals surface area contributed by atoms with Gasteiger partial charge < -0.3 is 36.2 Å². The maximum absolute atomic E-state index is 14.1. The predicted molar refractivity (Wildman–Crippen MR) is 162 cm³/mol. The third-order valence-corrected chi connectivity index (χ3v) is 9.18. The highest BCUT2D eigenvalue weighted by Crippen LogP contribution is 2.55. The maximum atomic E-state index is 14.1. The van der Waals surface area contributed by atoms with E-state index < -0.39 is 63.8 Å². The first-order valence-corrected chi connectivity index (χ1v) is 14.5. The molecule has 0 aliphatic heterocycles. The number of amides is 1. The topological polar surface area (TPSA) is 179 Å². The zero-order valence-corrected chi connectivity index (χ0v) is 24.8. The number of primary amides is 1. The van der Waals surface area contributed by atoms with Gasteiger partial charge in [0.15, 0.2) is 11.4 Å². The number of benzene rings is 2. The highest BCUT2D eigenvalue weighted by molar-refractivity contribution is 6.23. The van der Waals surface area contributed by atoms with Crippen LogP contribution in [0.5, 0.6) is 11.5 Å². The first-order valence-electron chi connectivity index (χ1n) is 14.5. The molecule has 2 aromatic rings. The lowest BCUT2D eigenvalue weighted by molar-refractivity contribution is -0.155. The predicted octanol–water partition coefficient (Wildman–Crippen LogP) is 3.09. The number of fused-ring (bicyclic) bond motifs is 3. The normalized spacial score (nSPS) is 24.5. The lowest BCUT2D eigenvalue weighted by atomic mass is 9.54. The molecule has 3 aliphatic carbocycles. The number of rotatable bonds is 8. The Hall–Kier alpha value is -4.59. The van der Waals surface area contributed by atoms with Crippen molar-refractivity contribution in [3.8, 4) is 35.0 Å². The Morgan fingerprint density at radius 1 is 1.18 bits per heavy atom. The number of nitrogens with one attached hydrogen (secondary N) is 1. The largest absolute Gasteiger partial charge is 0.508 e. The van der Waals surface area contributed by atoms with Crippen molar-refractivity contribution in [2.24, 2.45) is 29.4 Å². The molecule has 3 aliphatic rings. The number of ether oxygens (including phenoxy) is 1. The number of carbonyl (C=O) groups is 3. The van der Waals surface area contributed by atoms with Crippen molar-refractivity contribution in [3.05, 3.63) is 63.9 Å². The average molecular weight is 601 g/mol. The molecule has 4 atom stereocenters. The van der Waals surface area contributed by atoms with E-state index in [1.54, 1.807) is 27.0 Å². The minimum atomic E-state index is -2.65. The van der Waals surface area contributed by atoms with Crippen molar-refractivity contribution in [3.63, 3.8) is 0 Å². The summed E-state index contributed by atoms with van der Waals surface area (Å²) >= 11 is 0. The van der Waals surface area contributed by atoms with Crippen molar-refractivity contribution in [2.75, 3.05) is 13.7 Å². The van der Waals surface area contributed by atoms with Crippen LogP contribution in [0.3, 0.4) is 0 Å². The van der Waals surface area contributed by atoms with Gasteiger partial charge in [-0.2, -0.15) is 0 Å². The molecule has 10 nitrogen and oxygen atoms in total. The summed E-state index contributed by atoms with van der Waals surface area (Å²) in [6, 6.07) is 8.81. The molecule has 5 rings (SSSR count). The molecule has 0 saturated heterocycles. The van der Waals surface area contributed by atoms with Gasteiger partial charge in [-0.25, -0.2) is 0 Å². The minimum Gasteiger partial charge on any atom is -0.508 e. The summed E-state index contributed by atoms with van der Waals surface area (Å²) in [5.74, 6) is -4.93. The molecule has 0 heterocycles. The molecule has 7 N–H and O–H groups in total. The molecule has 0 bridgehead atoms. The van der Waals surface area contributed by atoms with Crippen molar-refractivity contribution >= 4 is 23.2 Å². The molecule has 0 unspecified atom stereocenters. The number of nitrogens with two attached hydrogens (primary N) is 1. The molecule has 0 radical (unpaired) electrons. The van der Waals surface area contributed by atoms with Crippen LogP contribution in [-0.4, -0.2) is 57.2 Å². The van der Waals surface area contributed by atoms with Gasteiger partial charge in [-0.05, 0) is 59.6 Å². The number of phenolic OH excluding ortho intramolecular Hbond substituents is 1. The van der Waals surface area contributed by atoms with Gasteiger partial charge in [0.1, 0.15) is 28.6 Å². The van der Waals surface area contributed by atoms with E-state index in [1.165, 1.54) is 6.07 Å². The van der Waals surface area contributed by atoms with Crippen LogP contribution in [0.2, 0.25) is 0 Å². The van der Waals surface area contributed by atoms with Crippen molar-refractivity contribution in [1.82, 2.24) is 5.32 Å². The smallest absolute Gasteiger partial charge is 0.255 e. The fourth-order valence-electron chi connectivity index (χ4n) is 7.21. The van der Waals surface area contributed by atoms with Crippen LogP contribution in [0, 0.1) is 36.0 Å². The van der Waals surface area contributed by atoms with E-state index in [-0.39, 0.29) is 29.7 Å². The van der Waals surface area contributed by atoms with E-state index in [0.717, 1.165) is 5.56 Å². The van der Waals surface area contributed by atoms with E-state index in [9.17, 15) is 34.8 Å². The minimum absolute atomic E-state index is 0.0228. The average Bonchev–Trinajstić information content (AvgIpc) is 2.97.